The van der Waals surface area contributed by atoms with Crippen LogP contribution in [-0.2, 0) is 0 Å². The monoisotopic (exact) mass is 326 g/mol. The van der Waals surface area contributed by atoms with E-state index in [1.807, 2.05) is 12.3 Å². The fourth-order valence-electron chi connectivity index (χ4n) is 2.40. The van der Waals surface area contributed by atoms with Gasteiger partial charge in [0, 0.05) is 5.56 Å². The standard InChI is InChI=1S/C16H14N4O2S/c1-23-16-19-11-6-5-10(15(18)22)13(17)12(11)14(20-16)8-3-2-4-9(21)7-8/h2-7,21H,17H2,1H3,(H2,18,22). The first-order chi connectivity index (χ1) is 11.0. The number of nitrogen functional groups attached to an aromatic ring is 1. The molecule has 0 radical (unpaired) electrons. The van der Waals surface area contributed by atoms with Gasteiger partial charge < -0.3 is 16.6 Å². The third kappa shape index (κ3) is 2.66. The predicted molar refractivity (Wildman–Crippen MR) is 91.4 cm³/mol. The van der Waals surface area contributed by atoms with E-state index >= 15 is 0 Å². The van der Waals surface area contributed by atoms with Crippen LogP contribution in [0.15, 0.2) is 41.6 Å². The Morgan fingerprint density at radius 3 is 2.65 bits per heavy atom. The minimum Gasteiger partial charge on any atom is -0.508 e. The summed E-state index contributed by atoms with van der Waals surface area (Å²) in [6.07, 6.45) is 1.87. The van der Waals surface area contributed by atoms with Crippen LogP contribution in [0.25, 0.3) is 22.2 Å². The summed E-state index contributed by atoms with van der Waals surface area (Å²) < 4.78 is 0. The van der Waals surface area contributed by atoms with Gasteiger partial charge in [-0.25, -0.2) is 9.97 Å². The van der Waals surface area contributed by atoms with Crippen molar-refractivity contribution in [3.05, 3.63) is 42.0 Å². The van der Waals surface area contributed by atoms with Gasteiger partial charge in [0.15, 0.2) is 5.16 Å². The van der Waals surface area contributed by atoms with Crippen molar-refractivity contribution >= 4 is 34.3 Å². The maximum Gasteiger partial charge on any atom is 0.250 e. The first-order valence-electron chi connectivity index (χ1n) is 6.74. The molecule has 0 bridgehead atoms. The summed E-state index contributed by atoms with van der Waals surface area (Å²) in [6, 6.07) is 9.93. The highest BCUT2D eigenvalue weighted by Gasteiger charge is 2.17. The molecule has 0 fully saturated rings. The van der Waals surface area contributed by atoms with E-state index in [1.54, 1.807) is 30.3 Å². The number of hydrogen-bond donors (Lipinski definition) is 3. The number of nitrogens with two attached hydrogens (primary N) is 2. The molecule has 0 aliphatic carbocycles. The number of phenols is 1. The molecule has 5 N–H and O–H groups in total. The lowest BCUT2D eigenvalue weighted by Gasteiger charge is -2.12. The van der Waals surface area contributed by atoms with Crippen LogP contribution in [-0.4, -0.2) is 27.2 Å². The zero-order chi connectivity index (χ0) is 16.6. The van der Waals surface area contributed by atoms with Crippen LogP contribution in [0.4, 0.5) is 5.69 Å². The zero-order valence-corrected chi connectivity index (χ0v) is 13.1. The number of rotatable bonds is 3. The number of carbonyl (C=O) groups is 1. The molecule has 1 amide bonds. The molecule has 6 nitrogen and oxygen atoms in total. The first kappa shape index (κ1) is 15.1. The molecule has 116 valence electrons. The summed E-state index contributed by atoms with van der Waals surface area (Å²) in [4.78, 5) is 20.5. The van der Waals surface area contributed by atoms with Crippen molar-refractivity contribution in [2.24, 2.45) is 5.73 Å². The van der Waals surface area contributed by atoms with Crippen LogP contribution < -0.4 is 11.5 Å². The molecule has 23 heavy (non-hydrogen) atoms. The number of thioether (sulfide) groups is 1. The molecule has 0 spiro atoms. The quantitative estimate of drug-likeness (QED) is 0.387. The van der Waals surface area contributed by atoms with E-state index in [1.165, 1.54) is 11.8 Å². The highest BCUT2D eigenvalue weighted by molar-refractivity contribution is 7.98. The number of nitrogens with zero attached hydrogens (tertiary/aromatic N) is 2. The topological polar surface area (TPSA) is 115 Å². The van der Waals surface area contributed by atoms with Gasteiger partial charge in [0.05, 0.1) is 27.8 Å². The Balaban J connectivity index is 2.42. The van der Waals surface area contributed by atoms with E-state index in [0.717, 1.165) is 0 Å². The highest BCUT2D eigenvalue weighted by atomic mass is 32.2. The molecule has 2 aromatic carbocycles. The maximum absolute atomic E-state index is 11.5. The number of aromatic hydroxyl groups is 1. The molecule has 1 aromatic heterocycles. The minimum atomic E-state index is -0.611. The molecular formula is C16H14N4O2S. The molecule has 0 aliphatic heterocycles. The van der Waals surface area contributed by atoms with E-state index in [4.69, 9.17) is 11.5 Å². The molecule has 0 aliphatic rings. The summed E-state index contributed by atoms with van der Waals surface area (Å²) in [5.41, 5.74) is 13.8. The third-order valence-electron chi connectivity index (χ3n) is 3.45. The number of amides is 1. The zero-order valence-electron chi connectivity index (χ0n) is 12.3. The molecule has 3 aromatic rings. The summed E-state index contributed by atoms with van der Waals surface area (Å²) >= 11 is 1.40. The van der Waals surface area contributed by atoms with E-state index in [0.29, 0.717) is 27.3 Å². The van der Waals surface area contributed by atoms with Gasteiger partial charge in [0.2, 0.25) is 0 Å². The van der Waals surface area contributed by atoms with Crippen molar-refractivity contribution in [3.63, 3.8) is 0 Å². The number of aromatic nitrogens is 2. The molecule has 1 heterocycles. The van der Waals surface area contributed by atoms with Gasteiger partial charge in [-0.2, -0.15) is 0 Å². The van der Waals surface area contributed by atoms with Crippen LogP contribution in [0.3, 0.4) is 0 Å². The van der Waals surface area contributed by atoms with Gasteiger partial charge in [-0.15, -0.1) is 0 Å². The molecule has 7 heteroatoms. The Kier molecular flexibility index (Phi) is 3.79. The summed E-state index contributed by atoms with van der Waals surface area (Å²) in [5, 5.41) is 10.8. The lowest BCUT2D eigenvalue weighted by molar-refractivity contribution is 0.100. The minimum absolute atomic E-state index is 0.115. The molecule has 0 saturated carbocycles. The summed E-state index contributed by atoms with van der Waals surface area (Å²) in [7, 11) is 0. The number of carbonyl (C=O) groups excluding carboxylic acids is 1. The van der Waals surface area contributed by atoms with Crippen LogP contribution in [0, 0.1) is 0 Å². The number of hydrogen-bond acceptors (Lipinski definition) is 6. The fraction of sp³-hybridized carbons (Fsp3) is 0.0625. The van der Waals surface area contributed by atoms with Crippen LogP contribution in [0.2, 0.25) is 0 Å². The molecule has 3 rings (SSSR count). The van der Waals surface area contributed by atoms with Crippen LogP contribution >= 0.6 is 11.8 Å². The highest BCUT2D eigenvalue weighted by Crippen LogP contribution is 2.34. The lowest BCUT2D eigenvalue weighted by Crippen LogP contribution is -2.14. The Labute approximate surface area is 136 Å². The van der Waals surface area contributed by atoms with Gasteiger partial charge in [-0.3, -0.25) is 4.79 Å². The smallest absolute Gasteiger partial charge is 0.250 e. The van der Waals surface area contributed by atoms with Crippen molar-refractivity contribution in [2.75, 3.05) is 12.0 Å². The number of fused-ring (bicyclic) bond motifs is 1. The molecule has 0 unspecified atom stereocenters. The van der Waals surface area contributed by atoms with E-state index < -0.39 is 5.91 Å². The van der Waals surface area contributed by atoms with Crippen LogP contribution in [0.5, 0.6) is 5.75 Å². The molecular weight excluding hydrogens is 312 g/mol. The van der Waals surface area contributed by atoms with Gasteiger partial charge >= 0.3 is 0 Å². The second kappa shape index (κ2) is 5.77. The lowest BCUT2D eigenvalue weighted by atomic mass is 10.0. The van der Waals surface area contributed by atoms with Crippen LogP contribution in [0.1, 0.15) is 10.4 Å². The van der Waals surface area contributed by atoms with Gasteiger partial charge in [-0.05, 0) is 30.5 Å². The third-order valence-corrected chi connectivity index (χ3v) is 4.00. The number of primary amides is 1. The van der Waals surface area contributed by atoms with Gasteiger partial charge in [0.25, 0.3) is 5.91 Å². The SMILES string of the molecule is CSc1nc(-c2cccc(O)c2)c2c(N)c(C(N)=O)ccc2n1. The molecule has 0 saturated heterocycles. The second-order valence-electron chi connectivity index (χ2n) is 4.89. The predicted octanol–water partition coefficient (Wildman–Crippen LogP) is 2.41. The first-order valence-corrected chi connectivity index (χ1v) is 7.97. The maximum atomic E-state index is 11.5. The summed E-state index contributed by atoms with van der Waals surface area (Å²) in [6.45, 7) is 0. The van der Waals surface area contributed by atoms with Crippen molar-refractivity contribution in [3.8, 4) is 17.0 Å². The van der Waals surface area contributed by atoms with Gasteiger partial charge in [0.1, 0.15) is 5.75 Å². The van der Waals surface area contributed by atoms with E-state index in [9.17, 15) is 9.90 Å². The van der Waals surface area contributed by atoms with Crippen molar-refractivity contribution in [1.82, 2.24) is 9.97 Å². The Hall–Kier alpha value is -2.80. The Morgan fingerprint density at radius 1 is 1.22 bits per heavy atom. The average Bonchev–Trinajstić information content (AvgIpc) is 2.53. The Morgan fingerprint density at radius 2 is 2.00 bits per heavy atom. The Bertz CT molecular complexity index is 927. The second-order valence-corrected chi connectivity index (χ2v) is 5.67. The van der Waals surface area contributed by atoms with E-state index in [2.05, 4.69) is 9.97 Å². The molecule has 0 atom stereocenters. The number of phenolic OH excluding ortho intramolecular Hbond substituents is 1. The largest absolute Gasteiger partial charge is 0.508 e. The van der Waals surface area contributed by atoms with Gasteiger partial charge in [-0.1, -0.05) is 23.9 Å². The normalized spacial score (nSPS) is 10.8. The summed E-state index contributed by atoms with van der Waals surface area (Å²) in [5.74, 6) is -0.496. The number of benzene rings is 2. The van der Waals surface area contributed by atoms with Crippen molar-refractivity contribution < 1.29 is 9.90 Å². The van der Waals surface area contributed by atoms with E-state index in [-0.39, 0.29) is 17.0 Å². The van der Waals surface area contributed by atoms with Crippen molar-refractivity contribution in [2.45, 2.75) is 5.16 Å². The number of anilines is 1. The van der Waals surface area contributed by atoms with Crippen molar-refractivity contribution in [1.29, 1.82) is 0 Å². The fourth-order valence-corrected chi connectivity index (χ4v) is 2.77. The average molecular weight is 326 g/mol.